The van der Waals surface area contributed by atoms with E-state index in [-0.39, 0.29) is 17.9 Å². The molecule has 1 aromatic carbocycles. The topological polar surface area (TPSA) is 97.1 Å². The number of terminal acetylenes is 1. The number of benzene rings is 1. The van der Waals surface area contributed by atoms with E-state index in [1.165, 1.54) is 20.2 Å². The molecular formula is C21H16N2O6. The second-order valence-electron chi connectivity index (χ2n) is 6.13. The second kappa shape index (κ2) is 7.86. The number of rotatable bonds is 4. The first-order chi connectivity index (χ1) is 13.8. The minimum atomic E-state index is -0.714. The Labute approximate surface area is 166 Å². The number of ether oxygens (including phenoxy) is 1. The molecule has 0 radical (unpaired) electrons. The number of barbiturate groups is 1. The summed E-state index contributed by atoms with van der Waals surface area (Å²) in [5.41, 5.74) is 0.700. The van der Waals surface area contributed by atoms with Gasteiger partial charge in [-0.25, -0.2) is 9.59 Å². The number of carbonyl (C=O) groups excluding carboxylic acids is 4. The van der Waals surface area contributed by atoms with E-state index in [4.69, 9.17) is 15.6 Å². The summed E-state index contributed by atoms with van der Waals surface area (Å²) < 4.78 is 10.6. The lowest BCUT2D eigenvalue weighted by molar-refractivity contribution is -0.134. The summed E-state index contributed by atoms with van der Waals surface area (Å²) in [5, 5.41) is 0. The molecule has 8 nitrogen and oxygen atoms in total. The highest BCUT2D eigenvalue weighted by Gasteiger charge is 2.38. The van der Waals surface area contributed by atoms with Gasteiger partial charge in [-0.05, 0) is 30.3 Å². The molecule has 0 spiro atoms. The van der Waals surface area contributed by atoms with Gasteiger partial charge < -0.3 is 9.15 Å². The molecule has 146 valence electrons. The van der Waals surface area contributed by atoms with Crippen molar-refractivity contribution in [3.63, 3.8) is 0 Å². The molecular weight excluding hydrogens is 376 g/mol. The normalized spacial score (nSPS) is 14.1. The van der Waals surface area contributed by atoms with Crippen LogP contribution in [0.15, 0.2) is 46.4 Å². The predicted octanol–water partition coefficient (Wildman–Crippen LogP) is 2.17. The zero-order valence-corrected chi connectivity index (χ0v) is 15.7. The maximum absolute atomic E-state index is 12.3. The number of furan rings is 1. The van der Waals surface area contributed by atoms with E-state index in [1.54, 1.807) is 36.4 Å². The predicted molar refractivity (Wildman–Crippen MR) is 102 cm³/mol. The molecule has 0 aliphatic carbocycles. The van der Waals surface area contributed by atoms with Crippen molar-refractivity contribution < 1.29 is 28.3 Å². The molecule has 1 aliphatic heterocycles. The van der Waals surface area contributed by atoms with Crippen molar-refractivity contribution in [1.29, 1.82) is 0 Å². The smallest absolute Gasteiger partial charge is 0.339 e. The third-order valence-electron chi connectivity index (χ3n) is 4.23. The van der Waals surface area contributed by atoms with Gasteiger partial charge in [-0.15, -0.1) is 6.42 Å². The van der Waals surface area contributed by atoms with Gasteiger partial charge in [-0.1, -0.05) is 18.1 Å². The minimum absolute atomic E-state index is 0.130. The number of amides is 4. The standard InChI is InChI=1S/C21H16N2O6/c1-4-10-28-20(26)14-7-5-6-13(11-14)17-9-8-15(29-17)12-16-18(24)22(2)21(27)23(3)19(16)25/h1,5-9,11-12H,10H2,2-3H3. The van der Waals surface area contributed by atoms with Crippen molar-refractivity contribution in [1.82, 2.24) is 9.80 Å². The summed E-state index contributed by atoms with van der Waals surface area (Å²) in [7, 11) is 2.58. The molecule has 0 bridgehead atoms. The first kappa shape index (κ1) is 19.6. The Hall–Kier alpha value is -4.12. The lowest BCUT2D eigenvalue weighted by Crippen LogP contribution is -2.52. The fourth-order valence-electron chi connectivity index (χ4n) is 2.69. The van der Waals surface area contributed by atoms with Gasteiger partial charge in [0.05, 0.1) is 5.56 Å². The van der Waals surface area contributed by atoms with Crippen molar-refractivity contribution in [2.75, 3.05) is 20.7 Å². The second-order valence-corrected chi connectivity index (χ2v) is 6.13. The zero-order valence-electron chi connectivity index (χ0n) is 15.7. The fraction of sp³-hybridized carbons (Fsp3) is 0.143. The summed E-state index contributed by atoms with van der Waals surface area (Å²) in [6.07, 6.45) is 6.36. The third-order valence-corrected chi connectivity index (χ3v) is 4.23. The number of hydrogen-bond donors (Lipinski definition) is 0. The van der Waals surface area contributed by atoms with Crippen LogP contribution in [-0.4, -0.2) is 54.3 Å². The summed E-state index contributed by atoms with van der Waals surface area (Å²) >= 11 is 0. The van der Waals surface area contributed by atoms with Crippen LogP contribution in [0.2, 0.25) is 0 Å². The third kappa shape index (κ3) is 3.80. The van der Waals surface area contributed by atoms with Crippen LogP contribution in [0, 0.1) is 12.3 Å². The Kier molecular flexibility index (Phi) is 5.32. The molecule has 0 N–H and O–H groups in total. The van der Waals surface area contributed by atoms with E-state index in [1.807, 2.05) is 0 Å². The van der Waals surface area contributed by atoms with Crippen molar-refractivity contribution in [3.05, 3.63) is 53.3 Å². The molecule has 1 aromatic heterocycles. The molecule has 2 heterocycles. The number of likely N-dealkylation sites (N-methyl/N-ethyl adjacent to an activating group) is 2. The molecule has 1 fully saturated rings. The van der Waals surface area contributed by atoms with Gasteiger partial charge in [0.2, 0.25) is 0 Å². The summed E-state index contributed by atoms with van der Waals surface area (Å²) in [6, 6.07) is 9.04. The van der Waals surface area contributed by atoms with Crippen molar-refractivity contribution in [2.24, 2.45) is 0 Å². The lowest BCUT2D eigenvalue weighted by atomic mass is 10.1. The average molecular weight is 392 g/mol. The Morgan fingerprint density at radius 3 is 2.48 bits per heavy atom. The van der Waals surface area contributed by atoms with Crippen molar-refractivity contribution >= 4 is 29.9 Å². The largest absolute Gasteiger partial charge is 0.457 e. The van der Waals surface area contributed by atoms with Crippen molar-refractivity contribution in [2.45, 2.75) is 0 Å². The summed E-state index contributed by atoms with van der Waals surface area (Å²) in [6.45, 7) is -0.130. The van der Waals surface area contributed by atoms with E-state index in [0.29, 0.717) is 16.9 Å². The highest BCUT2D eigenvalue weighted by atomic mass is 16.5. The SMILES string of the molecule is C#CCOC(=O)c1cccc(-c2ccc(C=C3C(=O)N(C)C(=O)N(C)C3=O)o2)c1. The van der Waals surface area contributed by atoms with Crippen LogP contribution in [0.5, 0.6) is 0 Å². The van der Waals surface area contributed by atoms with Gasteiger partial charge >= 0.3 is 12.0 Å². The molecule has 1 saturated heterocycles. The maximum Gasteiger partial charge on any atom is 0.339 e. The zero-order chi connectivity index (χ0) is 21.1. The lowest BCUT2D eigenvalue weighted by Gasteiger charge is -2.28. The molecule has 8 heteroatoms. The van der Waals surface area contributed by atoms with E-state index in [2.05, 4.69) is 5.92 Å². The van der Waals surface area contributed by atoms with Crippen LogP contribution >= 0.6 is 0 Å². The molecule has 29 heavy (non-hydrogen) atoms. The van der Waals surface area contributed by atoms with Gasteiger partial charge in [-0.2, -0.15) is 0 Å². The maximum atomic E-state index is 12.3. The van der Waals surface area contributed by atoms with Crippen molar-refractivity contribution in [3.8, 4) is 23.7 Å². The van der Waals surface area contributed by atoms with Gasteiger partial charge in [-0.3, -0.25) is 19.4 Å². The number of carbonyl (C=O) groups is 4. The van der Waals surface area contributed by atoms with Gasteiger partial charge in [0.1, 0.15) is 17.1 Å². The highest BCUT2D eigenvalue weighted by Crippen LogP contribution is 2.26. The first-order valence-electron chi connectivity index (χ1n) is 8.46. The molecule has 0 unspecified atom stereocenters. The molecule has 0 saturated carbocycles. The van der Waals surface area contributed by atoms with Crippen LogP contribution in [0.3, 0.4) is 0 Å². The minimum Gasteiger partial charge on any atom is -0.457 e. The van der Waals surface area contributed by atoms with E-state index < -0.39 is 23.8 Å². The number of esters is 1. The monoisotopic (exact) mass is 392 g/mol. The fourth-order valence-corrected chi connectivity index (χ4v) is 2.69. The van der Waals surface area contributed by atoms with Crippen LogP contribution in [0.1, 0.15) is 16.1 Å². The van der Waals surface area contributed by atoms with E-state index >= 15 is 0 Å². The van der Waals surface area contributed by atoms with E-state index in [0.717, 1.165) is 9.80 Å². The number of nitrogens with zero attached hydrogens (tertiary/aromatic N) is 2. The quantitative estimate of drug-likeness (QED) is 0.342. The molecule has 2 aromatic rings. The Balaban J connectivity index is 1.88. The molecule has 1 aliphatic rings. The Morgan fingerprint density at radius 1 is 1.14 bits per heavy atom. The molecule has 0 atom stereocenters. The Bertz CT molecular complexity index is 1060. The molecule has 3 rings (SSSR count). The summed E-state index contributed by atoms with van der Waals surface area (Å²) in [4.78, 5) is 50.0. The summed E-state index contributed by atoms with van der Waals surface area (Å²) in [5.74, 6) is 0.890. The van der Waals surface area contributed by atoms with Gasteiger partial charge in [0, 0.05) is 19.7 Å². The number of hydrogen-bond acceptors (Lipinski definition) is 6. The Morgan fingerprint density at radius 2 is 1.83 bits per heavy atom. The van der Waals surface area contributed by atoms with E-state index in [9.17, 15) is 19.2 Å². The number of imide groups is 2. The first-order valence-corrected chi connectivity index (χ1v) is 8.46. The van der Waals surface area contributed by atoms with Gasteiger partial charge in [0.15, 0.2) is 6.61 Å². The van der Waals surface area contributed by atoms with Gasteiger partial charge in [0.25, 0.3) is 11.8 Å². The number of urea groups is 1. The van der Waals surface area contributed by atoms with Crippen LogP contribution in [0.25, 0.3) is 17.4 Å². The van der Waals surface area contributed by atoms with Crippen LogP contribution in [0.4, 0.5) is 4.79 Å². The van der Waals surface area contributed by atoms with Crippen LogP contribution in [-0.2, 0) is 14.3 Å². The highest BCUT2D eigenvalue weighted by molar-refractivity contribution is 6.30. The molecule has 4 amide bonds. The average Bonchev–Trinajstić information content (AvgIpc) is 3.21. The van der Waals surface area contributed by atoms with Crippen LogP contribution < -0.4 is 0 Å².